The normalized spacial score (nSPS) is 11.1. The minimum absolute atomic E-state index is 0.637. The number of nitrogens with zero attached hydrogens (tertiary/aromatic N) is 4. The van der Waals surface area contributed by atoms with Gasteiger partial charge in [0.1, 0.15) is 5.75 Å². The van der Waals surface area contributed by atoms with Crippen LogP contribution in [-0.4, -0.2) is 24.7 Å². The molecule has 0 aliphatic carbocycles. The molecule has 0 fully saturated rings. The first kappa shape index (κ1) is 17.4. The Morgan fingerprint density at radius 2 is 1.96 bits per heavy atom. The molecule has 0 unspecified atom stereocenters. The highest BCUT2D eigenvalue weighted by Gasteiger charge is 2.13. The Bertz CT molecular complexity index is 636. The maximum atomic E-state index is 5.95. The lowest BCUT2D eigenvalue weighted by Crippen LogP contribution is -2.22. The lowest BCUT2D eigenvalue weighted by molar-refractivity contribution is 0.318. The second kappa shape index (κ2) is 8.62. The van der Waals surface area contributed by atoms with E-state index < -0.39 is 0 Å². The highest BCUT2D eigenvalue weighted by molar-refractivity contribution is 7.07. The molecule has 0 aliphatic heterocycles. The fourth-order valence-electron chi connectivity index (χ4n) is 2.27. The molecule has 1 aromatic heterocycles. The van der Waals surface area contributed by atoms with Crippen LogP contribution < -0.4 is 9.64 Å². The summed E-state index contributed by atoms with van der Waals surface area (Å²) < 4.78 is 5.95. The van der Waals surface area contributed by atoms with Crippen LogP contribution in [0.3, 0.4) is 0 Å². The van der Waals surface area contributed by atoms with Gasteiger partial charge < -0.3 is 9.64 Å². The van der Waals surface area contributed by atoms with E-state index in [1.165, 1.54) is 11.3 Å². The molecule has 6 heteroatoms. The minimum atomic E-state index is 0.637. The van der Waals surface area contributed by atoms with Gasteiger partial charge in [0.05, 0.1) is 23.5 Å². The lowest BCUT2D eigenvalue weighted by Gasteiger charge is -2.25. The third-order valence-corrected chi connectivity index (χ3v) is 4.10. The minimum Gasteiger partial charge on any atom is -0.491 e. The van der Waals surface area contributed by atoms with Crippen molar-refractivity contribution in [1.29, 1.82) is 0 Å². The van der Waals surface area contributed by atoms with Gasteiger partial charge in [-0.25, -0.2) is 4.98 Å². The molecule has 0 N–H and O–H groups in total. The summed E-state index contributed by atoms with van der Waals surface area (Å²) in [4.78, 5) is 6.41. The summed E-state index contributed by atoms with van der Waals surface area (Å²) in [5.74, 6) is 1.51. The van der Waals surface area contributed by atoms with E-state index in [1.807, 2.05) is 18.4 Å². The van der Waals surface area contributed by atoms with Crippen molar-refractivity contribution in [3.63, 3.8) is 0 Å². The van der Waals surface area contributed by atoms with Crippen molar-refractivity contribution in [2.45, 2.75) is 34.1 Å². The Balaban J connectivity index is 2.36. The van der Waals surface area contributed by atoms with Crippen LogP contribution in [0.5, 0.6) is 5.75 Å². The molecule has 5 nitrogen and oxygen atoms in total. The van der Waals surface area contributed by atoms with Crippen LogP contribution in [0.25, 0.3) is 0 Å². The first-order valence-electron chi connectivity index (χ1n) is 8.01. The Morgan fingerprint density at radius 3 is 2.57 bits per heavy atom. The number of hydrogen-bond donors (Lipinski definition) is 0. The number of aromatic nitrogens is 1. The fraction of sp³-hybridized carbons (Fsp3) is 0.471. The molecule has 0 spiro atoms. The number of hydrogen-bond acceptors (Lipinski definition) is 6. The number of azo groups is 1. The van der Waals surface area contributed by atoms with Crippen LogP contribution in [0.4, 0.5) is 17.2 Å². The fourth-order valence-corrected chi connectivity index (χ4v) is 2.73. The molecule has 2 rings (SSSR count). The zero-order chi connectivity index (χ0) is 16.7. The highest BCUT2D eigenvalue weighted by Crippen LogP contribution is 2.36. The van der Waals surface area contributed by atoms with Crippen LogP contribution in [-0.2, 0) is 0 Å². The summed E-state index contributed by atoms with van der Waals surface area (Å²) in [7, 11) is 0. The van der Waals surface area contributed by atoms with Gasteiger partial charge in [-0.1, -0.05) is 6.92 Å². The predicted octanol–water partition coefficient (Wildman–Crippen LogP) is 5.50. The Hall–Kier alpha value is -1.95. The van der Waals surface area contributed by atoms with Crippen LogP contribution in [0.1, 0.15) is 32.8 Å². The van der Waals surface area contributed by atoms with E-state index in [2.05, 4.69) is 46.9 Å². The maximum Gasteiger partial charge on any atom is 0.185 e. The SMILES string of the molecule is CCCOc1cc(N=Nc2cscn2)c(C)cc1N(CC)CC. The van der Waals surface area contributed by atoms with Crippen molar-refractivity contribution >= 4 is 28.5 Å². The maximum absolute atomic E-state index is 5.95. The largest absolute Gasteiger partial charge is 0.491 e. The van der Waals surface area contributed by atoms with Gasteiger partial charge in [0.15, 0.2) is 5.82 Å². The van der Waals surface area contributed by atoms with E-state index in [1.54, 1.807) is 5.51 Å². The van der Waals surface area contributed by atoms with Gasteiger partial charge >= 0.3 is 0 Å². The van der Waals surface area contributed by atoms with Crippen molar-refractivity contribution in [3.05, 3.63) is 28.6 Å². The van der Waals surface area contributed by atoms with Crippen molar-refractivity contribution in [3.8, 4) is 5.75 Å². The van der Waals surface area contributed by atoms with E-state index in [0.717, 1.165) is 42.2 Å². The first-order chi connectivity index (χ1) is 11.2. The number of aryl methyl sites for hydroxylation is 1. The molecule has 0 radical (unpaired) electrons. The molecule has 0 atom stereocenters. The van der Waals surface area contributed by atoms with Crippen LogP contribution in [0.15, 0.2) is 33.3 Å². The van der Waals surface area contributed by atoms with Gasteiger partial charge in [-0.15, -0.1) is 21.6 Å². The average Bonchev–Trinajstić information content (AvgIpc) is 3.07. The topological polar surface area (TPSA) is 50.1 Å². The van der Waals surface area contributed by atoms with E-state index in [9.17, 15) is 0 Å². The Labute approximate surface area is 142 Å². The average molecular weight is 332 g/mol. The molecule has 0 aliphatic rings. The summed E-state index contributed by atoms with van der Waals surface area (Å²) in [6, 6.07) is 4.11. The lowest BCUT2D eigenvalue weighted by atomic mass is 10.1. The second-order valence-corrected chi connectivity index (χ2v) is 5.89. The monoisotopic (exact) mass is 332 g/mol. The van der Waals surface area contributed by atoms with Gasteiger partial charge in [-0.05, 0) is 38.8 Å². The Morgan fingerprint density at radius 1 is 1.17 bits per heavy atom. The second-order valence-electron chi connectivity index (χ2n) is 5.17. The molecule has 124 valence electrons. The van der Waals surface area contributed by atoms with Gasteiger partial charge in [-0.2, -0.15) is 0 Å². The number of rotatable bonds is 8. The smallest absolute Gasteiger partial charge is 0.185 e. The molecule has 23 heavy (non-hydrogen) atoms. The van der Waals surface area contributed by atoms with Crippen LogP contribution >= 0.6 is 11.3 Å². The molecule has 1 aromatic carbocycles. The Kier molecular flexibility index (Phi) is 6.52. The van der Waals surface area contributed by atoms with E-state index in [4.69, 9.17) is 4.74 Å². The van der Waals surface area contributed by atoms with Gasteiger partial charge in [0.25, 0.3) is 0 Å². The molecule has 0 saturated carbocycles. The van der Waals surface area contributed by atoms with Crippen molar-refractivity contribution in [2.24, 2.45) is 10.2 Å². The van der Waals surface area contributed by atoms with E-state index in [-0.39, 0.29) is 0 Å². The first-order valence-corrected chi connectivity index (χ1v) is 8.96. The predicted molar refractivity (Wildman–Crippen MR) is 96.8 cm³/mol. The standard InChI is InChI=1S/C17H24N4OS/c1-5-8-22-16-10-14(19-20-17-11-23-12-18-17)13(4)9-15(16)21(6-2)7-3/h9-12H,5-8H2,1-4H3. The molecule has 0 amide bonds. The van der Waals surface area contributed by atoms with Gasteiger partial charge in [-0.3, -0.25) is 0 Å². The number of thiazole rings is 1. The zero-order valence-electron chi connectivity index (χ0n) is 14.2. The van der Waals surface area contributed by atoms with E-state index in [0.29, 0.717) is 12.4 Å². The highest BCUT2D eigenvalue weighted by atomic mass is 32.1. The molecule has 1 heterocycles. The molecular formula is C17H24N4OS. The van der Waals surface area contributed by atoms with Crippen molar-refractivity contribution in [1.82, 2.24) is 4.98 Å². The number of ether oxygens (including phenoxy) is 1. The van der Waals surface area contributed by atoms with Gasteiger partial charge in [0, 0.05) is 24.5 Å². The summed E-state index contributed by atoms with van der Waals surface area (Å²) in [6.07, 6.45) is 0.973. The number of benzene rings is 1. The summed E-state index contributed by atoms with van der Waals surface area (Å²) in [5.41, 5.74) is 4.77. The van der Waals surface area contributed by atoms with Gasteiger partial charge in [0.2, 0.25) is 0 Å². The summed E-state index contributed by atoms with van der Waals surface area (Å²) >= 11 is 1.51. The number of anilines is 1. The quantitative estimate of drug-likeness (QED) is 0.600. The molecule has 0 bridgehead atoms. The summed E-state index contributed by atoms with van der Waals surface area (Å²) in [5, 5.41) is 10.4. The van der Waals surface area contributed by atoms with Crippen LogP contribution in [0, 0.1) is 6.92 Å². The third-order valence-electron chi connectivity index (χ3n) is 3.52. The van der Waals surface area contributed by atoms with E-state index >= 15 is 0 Å². The zero-order valence-corrected chi connectivity index (χ0v) is 15.1. The summed E-state index contributed by atoms with van der Waals surface area (Å²) in [6.45, 7) is 11.0. The van der Waals surface area contributed by atoms with Crippen molar-refractivity contribution in [2.75, 3.05) is 24.6 Å². The molecular weight excluding hydrogens is 308 g/mol. The molecule has 0 saturated heterocycles. The van der Waals surface area contributed by atoms with Crippen molar-refractivity contribution < 1.29 is 4.74 Å². The molecule has 2 aromatic rings. The van der Waals surface area contributed by atoms with Crippen LogP contribution in [0.2, 0.25) is 0 Å². The third kappa shape index (κ3) is 4.51.